The summed E-state index contributed by atoms with van der Waals surface area (Å²) in [5.74, 6) is -4.37. The zero-order chi connectivity index (χ0) is 5.15. The van der Waals surface area contributed by atoms with Gasteiger partial charge in [-0.05, 0) is 0 Å². The standard InChI is InChI=1S/C2H2O4.Mn.2H2O/c3-1(4)2(5)6;;;/h(H,3,4)(H,5,6);;2*1H2/p-4. The van der Waals surface area contributed by atoms with E-state index in [-0.39, 0.29) is 28.0 Å². The molecular weight excluding hydrogens is 175 g/mol. The molecule has 0 aromatic carbocycles. The second kappa shape index (κ2) is 10.4. The summed E-state index contributed by atoms with van der Waals surface area (Å²) in [6.07, 6.45) is 0. The van der Waals surface area contributed by atoms with Gasteiger partial charge in [0.05, 0.1) is 11.9 Å². The number of carbonyl (C=O) groups is 2. The number of rotatable bonds is 0. The fourth-order valence-corrected chi connectivity index (χ4v) is 0. The van der Waals surface area contributed by atoms with Crippen LogP contribution in [0.1, 0.15) is 0 Å². The summed E-state index contributed by atoms with van der Waals surface area (Å²) in [7, 11) is 0. The zero-order valence-electron chi connectivity index (χ0n) is 3.91. The summed E-state index contributed by atoms with van der Waals surface area (Å²) in [6.45, 7) is 0. The van der Waals surface area contributed by atoms with E-state index in [0.29, 0.717) is 0 Å². The summed E-state index contributed by atoms with van der Waals surface area (Å²) >= 11 is 0. The molecule has 0 aromatic rings. The maximum absolute atomic E-state index is 8.93. The Morgan fingerprint density at radius 3 is 1.00 bits per heavy atom. The molecule has 0 amide bonds. The molecule has 9 heavy (non-hydrogen) atoms. The topological polar surface area (TPSA) is 140 Å². The van der Waals surface area contributed by atoms with Crippen LogP contribution >= 0.6 is 0 Å². The predicted molar refractivity (Wildman–Crippen MR) is 13.9 cm³/mol. The minimum Gasteiger partial charge on any atom is -0.870 e. The van der Waals surface area contributed by atoms with Gasteiger partial charge < -0.3 is 30.8 Å². The SMILES string of the molecule is O=C([O-])C(=O)[O-].[Mn].[OH-].[OH-]. The Kier molecular flexibility index (Phi) is 27.4. The zero-order valence-corrected chi connectivity index (χ0v) is 5.09. The Morgan fingerprint density at radius 2 is 1.00 bits per heavy atom. The quantitative estimate of drug-likeness (QED) is 0.273. The van der Waals surface area contributed by atoms with E-state index in [1.54, 1.807) is 0 Å². The molecule has 0 aliphatic rings. The first kappa shape index (κ1) is 23.8. The molecule has 0 atom stereocenters. The molecule has 0 aromatic heterocycles. The normalized spacial score (nSPS) is 4.89. The summed E-state index contributed by atoms with van der Waals surface area (Å²) in [4.78, 5) is 17.9. The molecule has 0 saturated carbocycles. The van der Waals surface area contributed by atoms with Crippen molar-refractivity contribution < 1.29 is 47.8 Å². The van der Waals surface area contributed by atoms with Crippen LogP contribution in [-0.2, 0) is 26.7 Å². The van der Waals surface area contributed by atoms with Crippen LogP contribution in [0.2, 0.25) is 0 Å². The maximum atomic E-state index is 8.93. The van der Waals surface area contributed by atoms with E-state index in [9.17, 15) is 0 Å². The number of carboxylic acids is 2. The minimum atomic E-state index is -2.19. The Morgan fingerprint density at radius 1 is 0.889 bits per heavy atom. The smallest absolute Gasteiger partial charge is 0.0870 e. The summed E-state index contributed by atoms with van der Waals surface area (Å²) in [5.41, 5.74) is 0. The van der Waals surface area contributed by atoms with Crippen molar-refractivity contribution in [3.05, 3.63) is 0 Å². The van der Waals surface area contributed by atoms with Crippen LogP contribution in [0, 0.1) is 0 Å². The monoisotopic (exact) mass is 177 g/mol. The van der Waals surface area contributed by atoms with Crippen molar-refractivity contribution in [2.24, 2.45) is 0 Å². The molecule has 0 fully saturated rings. The van der Waals surface area contributed by atoms with E-state index in [1.165, 1.54) is 0 Å². The van der Waals surface area contributed by atoms with Crippen molar-refractivity contribution in [2.45, 2.75) is 0 Å². The van der Waals surface area contributed by atoms with E-state index in [2.05, 4.69) is 0 Å². The average Bonchev–Trinajstić information content (AvgIpc) is 1.36. The van der Waals surface area contributed by atoms with Gasteiger partial charge in [0.2, 0.25) is 0 Å². The van der Waals surface area contributed by atoms with Crippen LogP contribution in [0.3, 0.4) is 0 Å². The molecule has 0 heterocycles. The van der Waals surface area contributed by atoms with Gasteiger partial charge in [0, 0.05) is 17.1 Å². The van der Waals surface area contributed by atoms with Crippen LogP contribution in [0.15, 0.2) is 0 Å². The third-order valence-corrected chi connectivity index (χ3v) is 0.167. The van der Waals surface area contributed by atoms with Crippen molar-refractivity contribution in [2.75, 3.05) is 0 Å². The first-order chi connectivity index (χ1) is 2.64. The number of carboxylic acid groups (broad SMARTS) is 2. The van der Waals surface area contributed by atoms with Crippen molar-refractivity contribution in [1.29, 1.82) is 0 Å². The second-order valence-electron chi connectivity index (χ2n) is 0.575. The van der Waals surface area contributed by atoms with Gasteiger partial charge in [-0.1, -0.05) is 0 Å². The van der Waals surface area contributed by atoms with Crippen molar-refractivity contribution in [1.82, 2.24) is 0 Å². The van der Waals surface area contributed by atoms with E-state index in [1.807, 2.05) is 0 Å². The van der Waals surface area contributed by atoms with Gasteiger partial charge in [0.1, 0.15) is 0 Å². The first-order valence-corrected chi connectivity index (χ1v) is 1.07. The third kappa shape index (κ3) is 18.7. The molecule has 0 saturated heterocycles. The van der Waals surface area contributed by atoms with E-state index < -0.39 is 11.9 Å². The number of carbonyl (C=O) groups excluding carboxylic acids is 2. The fourth-order valence-electron chi connectivity index (χ4n) is 0. The Balaban J connectivity index is -0.0000000417. The first-order valence-electron chi connectivity index (χ1n) is 1.07. The van der Waals surface area contributed by atoms with E-state index in [0.717, 1.165) is 0 Å². The molecule has 0 bridgehead atoms. The third-order valence-electron chi connectivity index (χ3n) is 0.167. The largest absolute Gasteiger partial charge is 0.870 e. The van der Waals surface area contributed by atoms with Gasteiger partial charge in [-0.15, -0.1) is 0 Å². The molecule has 1 radical (unpaired) electrons. The molecule has 7 heteroatoms. The van der Waals surface area contributed by atoms with Crippen LogP contribution in [0.5, 0.6) is 0 Å². The second-order valence-corrected chi connectivity index (χ2v) is 0.575. The van der Waals surface area contributed by atoms with Crippen LogP contribution in [0.4, 0.5) is 0 Å². The van der Waals surface area contributed by atoms with Gasteiger partial charge in [-0.3, -0.25) is 0 Å². The molecule has 0 rings (SSSR count). The molecule has 0 spiro atoms. The van der Waals surface area contributed by atoms with Gasteiger partial charge >= 0.3 is 0 Å². The Bertz CT molecular complexity index is 77.1. The summed E-state index contributed by atoms with van der Waals surface area (Å²) in [6, 6.07) is 0. The molecule has 6 nitrogen and oxygen atoms in total. The van der Waals surface area contributed by atoms with Crippen LogP contribution in [0.25, 0.3) is 0 Å². The molecule has 0 aliphatic heterocycles. The van der Waals surface area contributed by atoms with Crippen LogP contribution < -0.4 is 10.2 Å². The molecule has 2 N–H and O–H groups in total. The van der Waals surface area contributed by atoms with Crippen molar-refractivity contribution in [3.63, 3.8) is 0 Å². The number of aliphatic carboxylic acids is 2. The summed E-state index contributed by atoms with van der Waals surface area (Å²) in [5, 5.41) is 17.9. The molecular formula is C2H2MnO6-4. The van der Waals surface area contributed by atoms with Crippen molar-refractivity contribution in [3.8, 4) is 0 Å². The van der Waals surface area contributed by atoms with Crippen molar-refractivity contribution >= 4 is 11.9 Å². The molecule has 0 unspecified atom stereocenters. The fraction of sp³-hybridized carbons (Fsp3) is 0. The predicted octanol–water partition coefficient (Wildman–Crippen LogP) is -3.87. The molecule has 57 valence electrons. The minimum absolute atomic E-state index is 0. The Labute approximate surface area is 60.6 Å². The number of hydrogen-bond acceptors (Lipinski definition) is 6. The van der Waals surface area contributed by atoms with Gasteiger partial charge in [0.15, 0.2) is 0 Å². The maximum Gasteiger partial charge on any atom is 0.0870 e. The van der Waals surface area contributed by atoms with Gasteiger partial charge in [-0.25, -0.2) is 0 Å². The van der Waals surface area contributed by atoms with E-state index in [4.69, 9.17) is 19.8 Å². The molecule has 0 aliphatic carbocycles. The summed E-state index contributed by atoms with van der Waals surface area (Å²) < 4.78 is 0. The van der Waals surface area contributed by atoms with Crippen LogP contribution in [-0.4, -0.2) is 22.9 Å². The van der Waals surface area contributed by atoms with Gasteiger partial charge in [-0.2, -0.15) is 0 Å². The van der Waals surface area contributed by atoms with Gasteiger partial charge in [0.25, 0.3) is 0 Å². The Hall–Kier alpha value is -0.621. The number of hydrogen-bond donors (Lipinski definition) is 0. The average molecular weight is 177 g/mol. The van der Waals surface area contributed by atoms with E-state index >= 15 is 0 Å².